The molecule has 114 valence electrons. The van der Waals surface area contributed by atoms with Crippen molar-refractivity contribution in [2.24, 2.45) is 5.41 Å². The zero-order chi connectivity index (χ0) is 15.5. The first kappa shape index (κ1) is 15.9. The molecule has 1 aliphatic rings. The van der Waals surface area contributed by atoms with Crippen molar-refractivity contribution in [1.82, 2.24) is 5.32 Å². The number of benzene rings is 1. The van der Waals surface area contributed by atoms with E-state index in [1.54, 1.807) is 6.07 Å². The molecule has 0 aromatic heterocycles. The predicted octanol–water partition coefficient (Wildman–Crippen LogP) is 3.35. The Labute approximate surface area is 130 Å². The molecule has 0 aliphatic heterocycles. The van der Waals surface area contributed by atoms with Crippen LogP contribution in [0.3, 0.4) is 0 Å². The summed E-state index contributed by atoms with van der Waals surface area (Å²) in [6, 6.07) is 4.16. The first-order valence-corrected chi connectivity index (χ1v) is 7.71. The summed E-state index contributed by atoms with van der Waals surface area (Å²) in [5.74, 6) is -2.10. The number of amides is 1. The first-order valence-electron chi connectivity index (χ1n) is 6.91. The normalized spacial score (nSPS) is 17.2. The molecule has 0 bridgehead atoms. The van der Waals surface area contributed by atoms with Crippen LogP contribution in [-0.4, -0.2) is 23.5 Å². The van der Waals surface area contributed by atoms with Gasteiger partial charge in [-0.25, -0.2) is 4.39 Å². The Morgan fingerprint density at radius 3 is 2.52 bits per heavy atom. The summed E-state index contributed by atoms with van der Waals surface area (Å²) in [6.45, 7) is 0.0384. The zero-order valence-electron chi connectivity index (χ0n) is 11.5. The maximum absolute atomic E-state index is 13.7. The van der Waals surface area contributed by atoms with E-state index < -0.39 is 23.1 Å². The number of aliphatic carboxylic acids is 1. The number of carboxylic acid groups (broad SMARTS) is 1. The lowest BCUT2D eigenvalue weighted by atomic mass is 9.74. The van der Waals surface area contributed by atoms with Gasteiger partial charge in [-0.1, -0.05) is 35.2 Å². The lowest BCUT2D eigenvalue weighted by Crippen LogP contribution is -2.44. The van der Waals surface area contributed by atoms with Gasteiger partial charge < -0.3 is 10.4 Å². The van der Waals surface area contributed by atoms with Crippen molar-refractivity contribution < 1.29 is 19.1 Å². The van der Waals surface area contributed by atoms with Crippen molar-refractivity contribution in [1.29, 1.82) is 0 Å². The van der Waals surface area contributed by atoms with Crippen LogP contribution in [-0.2, 0) is 4.79 Å². The van der Waals surface area contributed by atoms with E-state index >= 15 is 0 Å². The molecule has 0 radical (unpaired) electrons. The highest BCUT2D eigenvalue weighted by Gasteiger charge is 2.39. The first-order chi connectivity index (χ1) is 9.94. The molecule has 1 fully saturated rings. The van der Waals surface area contributed by atoms with Crippen molar-refractivity contribution in [2.75, 3.05) is 6.54 Å². The highest BCUT2D eigenvalue weighted by molar-refractivity contribution is 9.10. The zero-order valence-corrected chi connectivity index (χ0v) is 13.1. The fourth-order valence-corrected chi connectivity index (χ4v) is 3.05. The highest BCUT2D eigenvalue weighted by atomic mass is 79.9. The molecule has 2 N–H and O–H groups in total. The summed E-state index contributed by atoms with van der Waals surface area (Å²) in [5.41, 5.74) is -0.991. The highest BCUT2D eigenvalue weighted by Crippen LogP contribution is 2.36. The summed E-state index contributed by atoms with van der Waals surface area (Å²) in [4.78, 5) is 23.5. The molecule has 0 saturated heterocycles. The molecule has 2 rings (SSSR count). The lowest BCUT2D eigenvalue weighted by molar-refractivity contribution is -0.150. The van der Waals surface area contributed by atoms with Crippen LogP contribution >= 0.6 is 15.9 Å². The fraction of sp³-hybridized carbons (Fsp3) is 0.467. The van der Waals surface area contributed by atoms with E-state index in [2.05, 4.69) is 21.2 Å². The van der Waals surface area contributed by atoms with Crippen molar-refractivity contribution in [2.45, 2.75) is 32.1 Å². The van der Waals surface area contributed by atoms with Crippen molar-refractivity contribution in [3.8, 4) is 0 Å². The van der Waals surface area contributed by atoms with Crippen LogP contribution in [0.2, 0.25) is 0 Å². The molecule has 1 saturated carbocycles. The molecule has 0 heterocycles. The summed E-state index contributed by atoms with van der Waals surface area (Å²) in [5, 5.41) is 12.0. The van der Waals surface area contributed by atoms with E-state index in [0.29, 0.717) is 17.3 Å². The van der Waals surface area contributed by atoms with Crippen LogP contribution in [0.1, 0.15) is 42.5 Å². The number of hydrogen-bond acceptors (Lipinski definition) is 2. The van der Waals surface area contributed by atoms with Gasteiger partial charge in [-0.15, -0.1) is 0 Å². The van der Waals surface area contributed by atoms with Gasteiger partial charge in [-0.05, 0) is 31.0 Å². The number of halogens is 2. The Morgan fingerprint density at radius 2 is 1.95 bits per heavy atom. The van der Waals surface area contributed by atoms with E-state index in [1.807, 2.05) is 0 Å². The second-order valence-corrected chi connectivity index (χ2v) is 6.37. The molecule has 1 aliphatic carbocycles. The van der Waals surface area contributed by atoms with Crippen LogP contribution in [0.5, 0.6) is 0 Å². The summed E-state index contributed by atoms with van der Waals surface area (Å²) < 4.78 is 14.3. The molecule has 21 heavy (non-hydrogen) atoms. The van der Waals surface area contributed by atoms with Gasteiger partial charge >= 0.3 is 5.97 Å². The minimum Gasteiger partial charge on any atom is -0.481 e. The van der Waals surface area contributed by atoms with Gasteiger partial charge in [0.15, 0.2) is 0 Å². The Bertz CT molecular complexity index is 556. The molecule has 1 amide bonds. The lowest BCUT2D eigenvalue weighted by Gasteiger charge is -2.33. The van der Waals surface area contributed by atoms with Gasteiger partial charge in [0, 0.05) is 11.0 Å². The SMILES string of the molecule is O=C(NCC1(C(=O)O)CCCCC1)c1ccc(Br)cc1F. The number of carboxylic acids is 1. The topological polar surface area (TPSA) is 66.4 Å². The average Bonchev–Trinajstić information content (AvgIpc) is 2.45. The van der Waals surface area contributed by atoms with Crippen LogP contribution < -0.4 is 5.32 Å². The van der Waals surface area contributed by atoms with E-state index in [1.165, 1.54) is 12.1 Å². The van der Waals surface area contributed by atoms with Gasteiger partial charge in [0.1, 0.15) is 5.82 Å². The second kappa shape index (κ2) is 6.56. The minimum atomic E-state index is -0.917. The molecule has 0 spiro atoms. The molecule has 4 nitrogen and oxygen atoms in total. The predicted molar refractivity (Wildman–Crippen MR) is 79.6 cm³/mol. The van der Waals surface area contributed by atoms with Gasteiger partial charge in [-0.2, -0.15) is 0 Å². The number of nitrogens with one attached hydrogen (secondary N) is 1. The van der Waals surface area contributed by atoms with Gasteiger partial charge in [0.05, 0.1) is 11.0 Å². The molecule has 0 atom stereocenters. The molecule has 1 aromatic rings. The molecular formula is C15H17BrFNO3. The van der Waals surface area contributed by atoms with Crippen LogP contribution in [0.4, 0.5) is 4.39 Å². The number of carbonyl (C=O) groups excluding carboxylic acids is 1. The van der Waals surface area contributed by atoms with Crippen LogP contribution in [0, 0.1) is 11.2 Å². The maximum Gasteiger partial charge on any atom is 0.311 e. The Hall–Kier alpha value is -1.43. The minimum absolute atomic E-state index is 0.0384. The summed E-state index contributed by atoms with van der Waals surface area (Å²) in [6.07, 6.45) is 3.80. The van der Waals surface area contributed by atoms with E-state index in [4.69, 9.17) is 0 Å². The maximum atomic E-state index is 13.7. The smallest absolute Gasteiger partial charge is 0.311 e. The van der Waals surface area contributed by atoms with Crippen molar-refractivity contribution >= 4 is 27.8 Å². The van der Waals surface area contributed by atoms with Crippen LogP contribution in [0.15, 0.2) is 22.7 Å². The third-order valence-corrected chi connectivity index (χ3v) is 4.52. The number of carbonyl (C=O) groups is 2. The average molecular weight is 358 g/mol. The number of rotatable bonds is 4. The van der Waals surface area contributed by atoms with Gasteiger partial charge in [-0.3, -0.25) is 9.59 Å². The standard InChI is InChI=1S/C15H17BrFNO3/c16-10-4-5-11(12(17)8-10)13(19)18-9-15(14(20)21)6-2-1-3-7-15/h4-5,8H,1-3,6-7,9H2,(H,18,19)(H,20,21). The summed E-state index contributed by atoms with van der Waals surface area (Å²) >= 11 is 3.13. The Kier molecular flexibility index (Phi) is 4.98. The quantitative estimate of drug-likeness (QED) is 0.868. The summed E-state index contributed by atoms with van der Waals surface area (Å²) in [7, 11) is 0. The van der Waals surface area contributed by atoms with Crippen molar-refractivity contribution in [3.05, 3.63) is 34.1 Å². The third-order valence-electron chi connectivity index (χ3n) is 4.03. The van der Waals surface area contributed by atoms with E-state index in [0.717, 1.165) is 19.3 Å². The molecule has 1 aromatic carbocycles. The second-order valence-electron chi connectivity index (χ2n) is 5.45. The van der Waals surface area contributed by atoms with Crippen LogP contribution in [0.25, 0.3) is 0 Å². The van der Waals surface area contributed by atoms with E-state index in [-0.39, 0.29) is 12.1 Å². The van der Waals surface area contributed by atoms with E-state index in [9.17, 15) is 19.1 Å². The molecule has 0 unspecified atom stereocenters. The molecule has 6 heteroatoms. The Morgan fingerprint density at radius 1 is 1.29 bits per heavy atom. The third kappa shape index (κ3) is 3.61. The Balaban J connectivity index is 2.07. The van der Waals surface area contributed by atoms with Gasteiger partial charge in [0.25, 0.3) is 5.91 Å². The number of hydrogen-bond donors (Lipinski definition) is 2. The monoisotopic (exact) mass is 357 g/mol. The molecular weight excluding hydrogens is 341 g/mol. The fourth-order valence-electron chi connectivity index (χ4n) is 2.71. The van der Waals surface area contributed by atoms with Gasteiger partial charge in [0.2, 0.25) is 0 Å². The largest absolute Gasteiger partial charge is 0.481 e. The van der Waals surface area contributed by atoms with Crippen molar-refractivity contribution in [3.63, 3.8) is 0 Å².